The Morgan fingerprint density at radius 3 is 2.86 bits per heavy atom. The fraction of sp³-hybridized carbons (Fsp3) is 0.300. The van der Waals surface area contributed by atoms with Gasteiger partial charge in [0.15, 0.2) is 16.6 Å². The SMILES string of the molecule is COC(=S)C1C(=N)CN(C)C(=O)c2ccc(F)cc2C(C)Oc2cc1cnc2N. The van der Waals surface area contributed by atoms with E-state index in [1.165, 1.54) is 36.4 Å². The summed E-state index contributed by atoms with van der Waals surface area (Å²) < 4.78 is 25.1. The number of aromatic nitrogens is 1. The number of nitrogen functional groups attached to an aromatic ring is 1. The first-order valence-corrected chi connectivity index (χ1v) is 9.25. The van der Waals surface area contributed by atoms with Gasteiger partial charge in [-0.05, 0) is 49.0 Å². The molecule has 2 heterocycles. The Morgan fingerprint density at radius 1 is 1.45 bits per heavy atom. The smallest absolute Gasteiger partial charge is 0.254 e. The summed E-state index contributed by atoms with van der Waals surface area (Å²) in [5, 5.41) is 8.72. The lowest BCUT2D eigenvalue weighted by atomic mass is 9.94. The maximum Gasteiger partial charge on any atom is 0.254 e. The molecule has 3 rings (SSSR count). The van der Waals surface area contributed by atoms with E-state index in [1.54, 1.807) is 20.0 Å². The molecule has 0 saturated heterocycles. The van der Waals surface area contributed by atoms with Crippen LogP contribution in [0.1, 0.15) is 40.4 Å². The number of nitrogens with one attached hydrogen (secondary N) is 1. The normalized spacial score (nSPS) is 19.5. The van der Waals surface area contributed by atoms with Gasteiger partial charge in [0.25, 0.3) is 5.91 Å². The van der Waals surface area contributed by atoms with Gasteiger partial charge in [0, 0.05) is 30.1 Å². The zero-order valence-electron chi connectivity index (χ0n) is 16.2. The maximum atomic E-state index is 13.9. The van der Waals surface area contributed by atoms with Crippen molar-refractivity contribution >= 4 is 34.7 Å². The highest BCUT2D eigenvalue weighted by Crippen LogP contribution is 2.32. The minimum Gasteiger partial charge on any atom is -0.489 e. The number of ether oxygens (including phenoxy) is 2. The predicted molar refractivity (Wildman–Crippen MR) is 111 cm³/mol. The fourth-order valence-corrected chi connectivity index (χ4v) is 3.54. The number of carbonyl (C=O) groups is 1. The number of amides is 1. The van der Waals surface area contributed by atoms with Gasteiger partial charge in [-0.2, -0.15) is 0 Å². The molecule has 1 aliphatic rings. The van der Waals surface area contributed by atoms with Crippen LogP contribution in [0.3, 0.4) is 0 Å². The van der Waals surface area contributed by atoms with E-state index in [1.807, 2.05) is 0 Å². The average molecular weight is 416 g/mol. The molecule has 1 aliphatic heterocycles. The Bertz CT molecular complexity index is 998. The molecule has 1 amide bonds. The number of rotatable bonds is 1. The van der Waals surface area contributed by atoms with E-state index >= 15 is 0 Å². The van der Waals surface area contributed by atoms with E-state index in [0.717, 1.165) is 0 Å². The first-order chi connectivity index (χ1) is 13.7. The van der Waals surface area contributed by atoms with Gasteiger partial charge in [-0.3, -0.25) is 4.79 Å². The molecule has 1 aromatic heterocycles. The van der Waals surface area contributed by atoms with Crippen molar-refractivity contribution in [3.63, 3.8) is 0 Å². The molecule has 152 valence electrons. The number of fused-ring (bicyclic) bond motifs is 3. The number of carbonyl (C=O) groups excluding carboxylic acids is 1. The summed E-state index contributed by atoms with van der Waals surface area (Å²) in [6.07, 6.45) is 0.822. The summed E-state index contributed by atoms with van der Waals surface area (Å²) in [4.78, 5) is 18.6. The van der Waals surface area contributed by atoms with Gasteiger partial charge in [-0.1, -0.05) is 0 Å². The molecule has 9 heteroatoms. The van der Waals surface area contributed by atoms with Crippen molar-refractivity contribution in [3.05, 3.63) is 53.0 Å². The maximum absolute atomic E-state index is 13.9. The Kier molecular flexibility index (Phi) is 5.78. The predicted octanol–water partition coefficient (Wildman–Crippen LogP) is 3.11. The quantitative estimate of drug-likeness (QED) is 0.693. The lowest BCUT2D eigenvalue weighted by molar-refractivity contribution is 0.0808. The van der Waals surface area contributed by atoms with Gasteiger partial charge in [0.1, 0.15) is 11.9 Å². The van der Waals surface area contributed by atoms with Crippen LogP contribution >= 0.6 is 12.2 Å². The lowest BCUT2D eigenvalue weighted by Gasteiger charge is -2.27. The van der Waals surface area contributed by atoms with Crippen molar-refractivity contribution in [1.29, 1.82) is 5.41 Å². The van der Waals surface area contributed by atoms with Gasteiger partial charge in [0.05, 0.1) is 19.6 Å². The minimum atomic E-state index is -0.705. The van der Waals surface area contributed by atoms with Crippen molar-refractivity contribution in [1.82, 2.24) is 9.88 Å². The monoisotopic (exact) mass is 416 g/mol. The van der Waals surface area contributed by atoms with Gasteiger partial charge in [-0.25, -0.2) is 9.37 Å². The van der Waals surface area contributed by atoms with Crippen LogP contribution in [0.4, 0.5) is 10.2 Å². The first kappa shape index (κ1) is 20.7. The molecule has 7 nitrogen and oxygen atoms in total. The van der Waals surface area contributed by atoms with Crippen LogP contribution in [-0.4, -0.2) is 47.3 Å². The second kappa shape index (κ2) is 8.12. The summed E-state index contributed by atoms with van der Waals surface area (Å²) >= 11 is 5.30. The summed E-state index contributed by atoms with van der Waals surface area (Å²) in [5.74, 6) is -1.17. The lowest BCUT2D eigenvalue weighted by Crippen LogP contribution is -2.37. The standard InChI is InChI=1S/C20H21FN4O3S/c1-10-14-7-12(21)4-5-13(14)19(26)25(2)9-15(22)17(20(29)27-3)11-6-16(28-10)18(23)24-8-11/h4-8,10,17,22H,9H2,1-3H3,(H2,23,24). The number of hydrogen-bond acceptors (Lipinski definition) is 7. The molecule has 0 radical (unpaired) electrons. The molecule has 2 bridgehead atoms. The molecule has 3 N–H and O–H groups in total. The third kappa shape index (κ3) is 4.04. The molecule has 1 aromatic carbocycles. The molecule has 2 aromatic rings. The van der Waals surface area contributed by atoms with Crippen molar-refractivity contribution in [2.75, 3.05) is 26.4 Å². The van der Waals surface area contributed by atoms with Crippen molar-refractivity contribution < 1.29 is 18.7 Å². The highest BCUT2D eigenvalue weighted by atomic mass is 32.1. The van der Waals surface area contributed by atoms with E-state index < -0.39 is 17.8 Å². The van der Waals surface area contributed by atoms with Crippen LogP contribution in [-0.2, 0) is 4.74 Å². The number of hydrogen-bond donors (Lipinski definition) is 2. The molecule has 2 atom stereocenters. The molecular formula is C20H21FN4O3S. The second-order valence-electron chi connectivity index (χ2n) is 6.79. The van der Waals surface area contributed by atoms with Gasteiger partial charge < -0.3 is 25.5 Å². The number of anilines is 1. The topological polar surface area (TPSA) is 102 Å². The van der Waals surface area contributed by atoms with E-state index in [2.05, 4.69) is 4.98 Å². The van der Waals surface area contributed by atoms with E-state index in [0.29, 0.717) is 11.1 Å². The second-order valence-corrected chi connectivity index (χ2v) is 7.19. The van der Waals surface area contributed by atoms with Crippen LogP contribution < -0.4 is 10.5 Å². The molecule has 0 spiro atoms. The molecule has 29 heavy (non-hydrogen) atoms. The number of methoxy groups -OCH3 is 1. The van der Waals surface area contributed by atoms with Crippen molar-refractivity contribution in [2.45, 2.75) is 18.9 Å². The number of nitrogens with two attached hydrogens (primary N) is 1. The van der Waals surface area contributed by atoms with E-state index in [4.69, 9.17) is 32.8 Å². The minimum absolute atomic E-state index is 0.00123. The van der Waals surface area contributed by atoms with Gasteiger partial charge in [0.2, 0.25) is 0 Å². The summed E-state index contributed by atoms with van der Waals surface area (Å²) in [6, 6.07) is 5.53. The van der Waals surface area contributed by atoms with E-state index in [9.17, 15) is 9.18 Å². The number of thiocarbonyl (C=S) groups is 1. The Labute approximate surface area is 173 Å². The first-order valence-electron chi connectivity index (χ1n) is 8.85. The molecule has 2 unspecified atom stereocenters. The van der Waals surface area contributed by atoms with Crippen LogP contribution in [0.2, 0.25) is 0 Å². The Hall–Kier alpha value is -3.07. The number of nitrogens with zero attached hydrogens (tertiary/aromatic N) is 2. The molecule has 0 aliphatic carbocycles. The van der Waals surface area contributed by atoms with Gasteiger partial charge in [-0.15, -0.1) is 0 Å². The zero-order valence-corrected chi connectivity index (χ0v) is 17.0. The molecular weight excluding hydrogens is 395 g/mol. The Balaban J connectivity index is 2.19. The molecule has 0 saturated carbocycles. The highest BCUT2D eigenvalue weighted by molar-refractivity contribution is 7.80. The highest BCUT2D eigenvalue weighted by Gasteiger charge is 2.29. The van der Waals surface area contributed by atoms with Crippen LogP contribution in [0.25, 0.3) is 0 Å². The fourth-order valence-electron chi connectivity index (χ4n) is 3.26. The van der Waals surface area contributed by atoms with Gasteiger partial charge >= 0.3 is 0 Å². The number of benzene rings is 1. The zero-order chi connectivity index (χ0) is 21.3. The third-order valence-electron chi connectivity index (χ3n) is 4.76. The van der Waals surface area contributed by atoms with Crippen LogP contribution in [0.15, 0.2) is 30.5 Å². The molecule has 0 fully saturated rings. The number of pyridine rings is 1. The Morgan fingerprint density at radius 2 is 2.17 bits per heavy atom. The third-order valence-corrected chi connectivity index (χ3v) is 5.16. The van der Waals surface area contributed by atoms with Crippen molar-refractivity contribution in [3.8, 4) is 5.75 Å². The van der Waals surface area contributed by atoms with Crippen molar-refractivity contribution in [2.24, 2.45) is 0 Å². The van der Waals surface area contributed by atoms with Crippen LogP contribution in [0, 0.1) is 11.2 Å². The average Bonchev–Trinajstić information content (AvgIpc) is 2.68. The largest absolute Gasteiger partial charge is 0.489 e. The van der Waals surface area contributed by atoms with E-state index in [-0.39, 0.29) is 40.3 Å². The summed E-state index contributed by atoms with van der Waals surface area (Å²) in [5.41, 5.74) is 7.32. The number of halogens is 1. The summed E-state index contributed by atoms with van der Waals surface area (Å²) in [6.45, 7) is 1.70. The van der Waals surface area contributed by atoms with Crippen LogP contribution in [0.5, 0.6) is 5.75 Å². The summed E-state index contributed by atoms with van der Waals surface area (Å²) in [7, 11) is 3.00.